The third kappa shape index (κ3) is 4.44. The lowest BCUT2D eigenvalue weighted by atomic mass is 10.3. The molecule has 2 heterocycles. The number of sulfonamides is 1. The molecular weight excluding hydrogens is 356 g/mol. The quantitative estimate of drug-likeness (QED) is 0.676. The van der Waals surface area contributed by atoms with Crippen molar-refractivity contribution in [2.75, 3.05) is 0 Å². The number of benzene rings is 1. The van der Waals surface area contributed by atoms with Crippen molar-refractivity contribution in [3.63, 3.8) is 0 Å². The molecule has 0 fully saturated rings. The molecule has 1 N–H and O–H groups in total. The first kappa shape index (κ1) is 18.0. The van der Waals surface area contributed by atoms with E-state index in [2.05, 4.69) is 19.9 Å². The van der Waals surface area contributed by atoms with Crippen LogP contribution in [0.15, 0.2) is 58.1 Å². The van der Waals surface area contributed by atoms with Gasteiger partial charge in [-0.3, -0.25) is 4.98 Å². The zero-order valence-corrected chi connectivity index (χ0v) is 15.1. The third-order valence-electron chi connectivity index (χ3n) is 3.29. The Morgan fingerprint density at radius 3 is 2.58 bits per heavy atom. The average molecular weight is 374 g/mol. The Hall–Kier alpha value is -2.78. The second-order valence-corrected chi connectivity index (χ2v) is 7.47. The molecule has 1 aromatic carbocycles. The minimum Gasteiger partial charge on any atom is -0.491 e. The van der Waals surface area contributed by atoms with E-state index in [-0.39, 0.29) is 29.3 Å². The van der Waals surface area contributed by atoms with Crippen LogP contribution in [-0.4, -0.2) is 29.7 Å². The minimum atomic E-state index is -3.70. The van der Waals surface area contributed by atoms with E-state index >= 15 is 0 Å². The van der Waals surface area contributed by atoms with Gasteiger partial charge in [0.1, 0.15) is 5.75 Å². The van der Waals surface area contributed by atoms with Crippen molar-refractivity contribution in [2.45, 2.75) is 31.4 Å². The number of pyridine rings is 1. The fourth-order valence-corrected chi connectivity index (χ4v) is 3.12. The van der Waals surface area contributed by atoms with Crippen molar-refractivity contribution in [1.82, 2.24) is 19.9 Å². The van der Waals surface area contributed by atoms with Crippen molar-refractivity contribution in [3.05, 3.63) is 54.7 Å². The van der Waals surface area contributed by atoms with Crippen LogP contribution in [-0.2, 0) is 16.6 Å². The summed E-state index contributed by atoms with van der Waals surface area (Å²) in [6, 6.07) is 9.71. The highest BCUT2D eigenvalue weighted by molar-refractivity contribution is 7.89. The second-order valence-electron chi connectivity index (χ2n) is 5.71. The van der Waals surface area contributed by atoms with Crippen LogP contribution >= 0.6 is 0 Å². The van der Waals surface area contributed by atoms with Gasteiger partial charge in [-0.15, -0.1) is 10.2 Å². The highest BCUT2D eigenvalue weighted by Crippen LogP contribution is 2.18. The molecule has 0 bridgehead atoms. The molecule has 0 aliphatic heterocycles. The van der Waals surface area contributed by atoms with E-state index in [9.17, 15) is 8.42 Å². The molecule has 0 aliphatic rings. The molecule has 0 saturated carbocycles. The smallest absolute Gasteiger partial charge is 0.249 e. The molecule has 9 heteroatoms. The van der Waals surface area contributed by atoms with E-state index in [0.717, 1.165) is 0 Å². The van der Waals surface area contributed by atoms with Crippen molar-refractivity contribution in [3.8, 4) is 17.2 Å². The Labute approximate surface area is 151 Å². The first-order chi connectivity index (χ1) is 12.4. The summed E-state index contributed by atoms with van der Waals surface area (Å²) in [5, 5.41) is 7.74. The first-order valence-corrected chi connectivity index (χ1v) is 9.41. The van der Waals surface area contributed by atoms with Gasteiger partial charge in [0.05, 0.1) is 23.1 Å². The average Bonchev–Trinajstić information content (AvgIpc) is 3.10. The fraction of sp³-hybridized carbons (Fsp3) is 0.235. The van der Waals surface area contributed by atoms with Crippen molar-refractivity contribution >= 4 is 10.0 Å². The Bertz CT molecular complexity index is 954. The summed E-state index contributed by atoms with van der Waals surface area (Å²) in [6.45, 7) is 3.69. The zero-order valence-electron chi connectivity index (χ0n) is 14.3. The molecule has 0 radical (unpaired) electrons. The van der Waals surface area contributed by atoms with Gasteiger partial charge in [-0.2, -0.15) is 0 Å². The van der Waals surface area contributed by atoms with Crippen molar-refractivity contribution in [1.29, 1.82) is 0 Å². The lowest BCUT2D eigenvalue weighted by Gasteiger charge is -2.10. The van der Waals surface area contributed by atoms with Crippen molar-refractivity contribution < 1.29 is 17.6 Å². The molecule has 3 rings (SSSR count). The molecule has 0 saturated heterocycles. The van der Waals surface area contributed by atoms with Gasteiger partial charge in [-0.05, 0) is 50.2 Å². The largest absolute Gasteiger partial charge is 0.491 e. The molecule has 8 nitrogen and oxygen atoms in total. The summed E-state index contributed by atoms with van der Waals surface area (Å²) in [4.78, 5) is 4.10. The van der Waals surface area contributed by atoms with Gasteiger partial charge < -0.3 is 9.15 Å². The van der Waals surface area contributed by atoms with Gasteiger partial charge in [0.15, 0.2) is 0 Å². The first-order valence-electron chi connectivity index (χ1n) is 7.93. The number of nitrogens with zero attached hydrogens (tertiary/aromatic N) is 3. The number of hydrogen-bond acceptors (Lipinski definition) is 7. The van der Waals surface area contributed by atoms with Gasteiger partial charge in [0.25, 0.3) is 0 Å². The Balaban J connectivity index is 1.66. The van der Waals surface area contributed by atoms with Gasteiger partial charge >= 0.3 is 0 Å². The Morgan fingerprint density at radius 1 is 1.15 bits per heavy atom. The maximum absolute atomic E-state index is 12.4. The molecule has 26 heavy (non-hydrogen) atoms. The summed E-state index contributed by atoms with van der Waals surface area (Å²) in [5.74, 6) is 1.05. The molecule has 0 atom stereocenters. The topological polar surface area (TPSA) is 107 Å². The monoisotopic (exact) mass is 374 g/mol. The van der Waals surface area contributed by atoms with Crippen molar-refractivity contribution in [2.24, 2.45) is 0 Å². The minimum absolute atomic E-state index is 0.0159. The second kappa shape index (κ2) is 7.63. The molecule has 2 aromatic heterocycles. The normalized spacial score (nSPS) is 11.7. The number of ether oxygens (including phenoxy) is 1. The molecule has 136 valence electrons. The maximum atomic E-state index is 12.4. The highest BCUT2D eigenvalue weighted by atomic mass is 32.2. The van der Waals surface area contributed by atoms with E-state index < -0.39 is 10.0 Å². The predicted octanol–water partition coefficient (Wildman–Crippen LogP) is 2.40. The SMILES string of the molecule is CC(C)Oc1ccc(S(=O)(=O)NCc2nnc(-c3cccnc3)o2)cc1. The van der Waals surface area contributed by atoms with Crippen LogP contribution in [0.5, 0.6) is 5.75 Å². The predicted molar refractivity (Wildman–Crippen MR) is 93.8 cm³/mol. The summed E-state index contributed by atoms with van der Waals surface area (Å²) in [5.41, 5.74) is 0.662. The van der Waals surface area contributed by atoms with Crippen LogP contribution in [0.2, 0.25) is 0 Å². The van der Waals surface area contributed by atoms with Crippen LogP contribution < -0.4 is 9.46 Å². The lowest BCUT2D eigenvalue weighted by Crippen LogP contribution is -2.23. The van der Waals surface area contributed by atoms with Gasteiger partial charge in [0, 0.05) is 12.4 Å². The van der Waals surface area contributed by atoms with E-state index in [1.165, 1.54) is 12.1 Å². The van der Waals surface area contributed by atoms with Crippen LogP contribution in [0.4, 0.5) is 0 Å². The number of aromatic nitrogens is 3. The fourth-order valence-electron chi connectivity index (χ4n) is 2.14. The molecule has 0 amide bonds. The van der Waals surface area contributed by atoms with E-state index in [4.69, 9.17) is 9.15 Å². The molecule has 0 spiro atoms. The Morgan fingerprint density at radius 2 is 1.92 bits per heavy atom. The number of hydrogen-bond donors (Lipinski definition) is 1. The maximum Gasteiger partial charge on any atom is 0.249 e. The van der Waals surface area contributed by atoms with Crippen LogP contribution in [0.25, 0.3) is 11.5 Å². The summed E-state index contributed by atoms with van der Waals surface area (Å²) in [7, 11) is -3.70. The molecular formula is C17H18N4O4S. The highest BCUT2D eigenvalue weighted by Gasteiger charge is 2.16. The zero-order chi connectivity index (χ0) is 18.6. The number of nitrogens with one attached hydrogen (secondary N) is 1. The van der Waals surface area contributed by atoms with Gasteiger partial charge in [0.2, 0.25) is 21.8 Å². The van der Waals surface area contributed by atoms with Crippen LogP contribution in [0, 0.1) is 0 Å². The Kier molecular flexibility index (Phi) is 5.29. The van der Waals surface area contributed by atoms with Crippen LogP contribution in [0.3, 0.4) is 0 Å². The third-order valence-corrected chi connectivity index (χ3v) is 4.71. The summed E-state index contributed by atoms with van der Waals surface area (Å²) in [6.07, 6.45) is 3.23. The molecule has 0 unspecified atom stereocenters. The van der Waals surface area contributed by atoms with E-state index in [1.54, 1.807) is 36.7 Å². The standard InChI is InChI=1S/C17H18N4O4S/c1-12(2)24-14-5-7-15(8-6-14)26(22,23)19-11-16-20-21-17(25-16)13-4-3-9-18-10-13/h3-10,12,19H,11H2,1-2H3. The van der Waals surface area contributed by atoms with E-state index in [0.29, 0.717) is 11.3 Å². The van der Waals surface area contributed by atoms with E-state index in [1.807, 2.05) is 13.8 Å². The van der Waals surface area contributed by atoms with Crippen LogP contribution in [0.1, 0.15) is 19.7 Å². The number of rotatable bonds is 7. The summed E-state index contributed by atoms with van der Waals surface area (Å²) >= 11 is 0. The molecule has 0 aliphatic carbocycles. The summed E-state index contributed by atoms with van der Waals surface area (Å²) < 4.78 is 38.1. The van der Waals surface area contributed by atoms with Gasteiger partial charge in [-0.25, -0.2) is 13.1 Å². The molecule has 3 aromatic rings. The lowest BCUT2D eigenvalue weighted by molar-refractivity contribution is 0.242. The van der Waals surface area contributed by atoms with Gasteiger partial charge in [-0.1, -0.05) is 0 Å².